The van der Waals surface area contributed by atoms with Gasteiger partial charge in [0.2, 0.25) is 41.4 Å². The fourth-order valence-electron chi connectivity index (χ4n) is 7.05. The lowest BCUT2D eigenvalue weighted by Gasteiger charge is -2.30. The molecule has 2 aliphatic rings. The number of carbonyl (C=O) groups excluding carboxylic acids is 9. The molecular weight excluding hydrogens is 809 g/mol. The molecule has 326 valence electrons. The number of hydrogen-bond donors (Lipinski definition) is 9. The minimum absolute atomic E-state index is 0.0257. The maximum Gasteiger partial charge on any atom is 0.325 e. The quantitative estimate of drug-likeness (QED) is 0.0913. The van der Waals surface area contributed by atoms with Crippen molar-refractivity contribution in [1.82, 2.24) is 41.8 Å². The largest absolute Gasteiger partial charge is 0.368 e. The number of aromatic nitrogens is 1. The van der Waals surface area contributed by atoms with Crippen molar-refractivity contribution in [2.24, 2.45) is 17.4 Å². The Kier molecular flexibility index (Phi) is 15.1. The first-order valence-corrected chi connectivity index (χ1v) is 21.0. The molecule has 5 rings (SSSR count). The lowest BCUT2D eigenvalue weighted by Crippen LogP contribution is -2.60. The highest BCUT2D eigenvalue weighted by Gasteiger charge is 2.47. The van der Waals surface area contributed by atoms with E-state index in [4.69, 9.17) is 11.5 Å². The number of rotatable bonds is 14. The van der Waals surface area contributed by atoms with Crippen LogP contribution in [0.4, 0.5) is 4.79 Å². The third-order valence-electron chi connectivity index (χ3n) is 10.6. The number of amides is 10. The van der Waals surface area contributed by atoms with Crippen molar-refractivity contribution in [3.63, 3.8) is 0 Å². The summed E-state index contributed by atoms with van der Waals surface area (Å²) in [5.41, 5.74) is 13.3. The van der Waals surface area contributed by atoms with E-state index in [1.54, 1.807) is 57.3 Å². The van der Waals surface area contributed by atoms with E-state index in [9.17, 15) is 43.2 Å². The Morgan fingerprint density at radius 2 is 1.39 bits per heavy atom. The molecule has 8 atom stereocenters. The minimum Gasteiger partial charge on any atom is -0.368 e. The Balaban J connectivity index is 1.54. The topological polar surface area (TPSA) is 297 Å². The van der Waals surface area contributed by atoms with Crippen molar-refractivity contribution in [1.29, 1.82) is 0 Å². The summed E-state index contributed by atoms with van der Waals surface area (Å²) in [5.74, 6) is -7.46. The van der Waals surface area contributed by atoms with E-state index in [1.807, 2.05) is 24.3 Å². The average Bonchev–Trinajstić information content (AvgIpc) is 3.77. The van der Waals surface area contributed by atoms with E-state index in [0.717, 1.165) is 22.7 Å². The van der Waals surface area contributed by atoms with Crippen LogP contribution in [0.25, 0.3) is 10.9 Å². The maximum absolute atomic E-state index is 14.5. The monoisotopic (exact) mass is 860 g/mol. The molecule has 3 heterocycles. The number of nitrogens with two attached hydrogens (primary N) is 2. The van der Waals surface area contributed by atoms with E-state index in [1.165, 1.54) is 6.92 Å². The fourth-order valence-corrected chi connectivity index (χ4v) is 8.31. The number of nitrogens with one attached hydrogen (secondary N) is 7. The van der Waals surface area contributed by atoms with Crippen LogP contribution in [0.1, 0.15) is 51.7 Å². The van der Waals surface area contributed by atoms with Gasteiger partial charge in [0.05, 0.1) is 5.25 Å². The zero-order valence-corrected chi connectivity index (χ0v) is 35.0. The third kappa shape index (κ3) is 11.2. The smallest absolute Gasteiger partial charge is 0.325 e. The molecule has 2 saturated heterocycles. The SMILES string of the molecule is CC[C@@H]1NC(=O)[C@@H](Cc2ccccc2)NC(=O)C(SC[C@@H](C(=O)N[C@H](C)C(N)=O)N2C(=O)NC(C(C)C)C2=O)C[C@@H](C(N)=O)NC(=O)[C@H](Cc2c[nH]c3ccccc23)NC1=O. The number of para-hydroxylation sites is 1. The summed E-state index contributed by atoms with van der Waals surface area (Å²) >= 11 is 0.754. The van der Waals surface area contributed by atoms with E-state index >= 15 is 0 Å². The van der Waals surface area contributed by atoms with Crippen molar-refractivity contribution in [2.45, 2.75) is 101 Å². The van der Waals surface area contributed by atoms with Gasteiger partial charge < -0.3 is 48.4 Å². The third-order valence-corrected chi connectivity index (χ3v) is 11.9. The molecule has 2 unspecified atom stereocenters. The molecule has 0 spiro atoms. The number of aromatic amines is 1. The van der Waals surface area contributed by atoms with E-state index in [0.29, 0.717) is 16.0 Å². The summed E-state index contributed by atoms with van der Waals surface area (Å²) in [6.45, 7) is 6.37. The minimum atomic E-state index is -1.60. The van der Waals surface area contributed by atoms with Crippen LogP contribution in [0.3, 0.4) is 0 Å². The number of fused-ring (bicyclic) bond motifs is 1. The summed E-state index contributed by atoms with van der Waals surface area (Å²) in [7, 11) is 0. The molecule has 11 N–H and O–H groups in total. The van der Waals surface area contributed by atoms with Gasteiger partial charge in [0.15, 0.2) is 0 Å². The van der Waals surface area contributed by atoms with Crippen LogP contribution in [-0.4, -0.2) is 116 Å². The van der Waals surface area contributed by atoms with Crippen molar-refractivity contribution >= 4 is 76.0 Å². The van der Waals surface area contributed by atoms with Crippen LogP contribution in [0.2, 0.25) is 0 Å². The number of carbonyl (C=O) groups is 9. The average molecular weight is 861 g/mol. The summed E-state index contributed by atoms with van der Waals surface area (Å²) in [6.07, 6.45) is 1.23. The number of thioether (sulfide) groups is 1. The van der Waals surface area contributed by atoms with E-state index < -0.39 is 113 Å². The van der Waals surface area contributed by atoms with E-state index in [2.05, 4.69) is 36.9 Å². The molecule has 3 aromatic rings. The first-order valence-electron chi connectivity index (χ1n) is 19.9. The van der Waals surface area contributed by atoms with Crippen molar-refractivity contribution < 1.29 is 43.2 Å². The number of nitrogens with zero attached hydrogens (tertiary/aromatic N) is 1. The van der Waals surface area contributed by atoms with Gasteiger partial charge in [-0.15, -0.1) is 11.8 Å². The summed E-state index contributed by atoms with van der Waals surface area (Å²) in [6, 6.07) is 6.13. The Morgan fingerprint density at radius 1 is 0.787 bits per heavy atom. The molecule has 2 aliphatic heterocycles. The fraction of sp³-hybridized carbons (Fsp3) is 0.439. The van der Waals surface area contributed by atoms with Crippen LogP contribution in [-0.2, 0) is 51.2 Å². The van der Waals surface area contributed by atoms with Crippen molar-refractivity contribution in [3.05, 3.63) is 71.9 Å². The number of hydrogen-bond acceptors (Lipinski definition) is 10. The number of primary amides is 2. The van der Waals surface area contributed by atoms with Crippen LogP contribution in [0.15, 0.2) is 60.8 Å². The molecule has 2 aromatic carbocycles. The highest BCUT2D eigenvalue weighted by atomic mass is 32.2. The molecular formula is C41H52N10O9S. The second-order valence-corrected chi connectivity index (χ2v) is 16.6. The molecule has 19 nitrogen and oxygen atoms in total. The van der Waals surface area contributed by atoms with Gasteiger partial charge in [-0.2, -0.15) is 0 Å². The lowest BCUT2D eigenvalue weighted by molar-refractivity contribution is -0.136. The van der Waals surface area contributed by atoms with Crippen molar-refractivity contribution in [2.75, 3.05) is 5.75 Å². The molecule has 0 radical (unpaired) electrons. The first-order chi connectivity index (χ1) is 29.0. The molecule has 2 fully saturated rings. The van der Waals surface area contributed by atoms with Gasteiger partial charge in [-0.1, -0.05) is 69.3 Å². The van der Waals surface area contributed by atoms with Crippen molar-refractivity contribution in [3.8, 4) is 0 Å². The van der Waals surface area contributed by atoms with Gasteiger partial charge in [-0.25, -0.2) is 9.69 Å². The number of benzene rings is 2. The number of urea groups is 1. The first kappa shape index (κ1) is 45.6. The van der Waals surface area contributed by atoms with Gasteiger partial charge in [0.25, 0.3) is 5.91 Å². The molecule has 0 saturated carbocycles. The maximum atomic E-state index is 14.5. The zero-order chi connectivity index (χ0) is 44.5. The highest BCUT2D eigenvalue weighted by Crippen LogP contribution is 2.25. The molecule has 0 aliphatic carbocycles. The molecule has 10 amide bonds. The van der Waals surface area contributed by atoms with Crippen LogP contribution in [0.5, 0.6) is 0 Å². The predicted octanol–water partition coefficient (Wildman–Crippen LogP) is -0.772. The molecule has 20 heteroatoms. The zero-order valence-electron chi connectivity index (χ0n) is 34.2. The molecule has 0 bridgehead atoms. The summed E-state index contributed by atoms with van der Waals surface area (Å²) < 4.78 is 0. The summed E-state index contributed by atoms with van der Waals surface area (Å²) in [4.78, 5) is 126. The number of H-pyrrole nitrogens is 1. The van der Waals surface area contributed by atoms with Crippen LogP contribution in [0, 0.1) is 5.92 Å². The van der Waals surface area contributed by atoms with Gasteiger partial charge >= 0.3 is 6.03 Å². The second-order valence-electron chi connectivity index (χ2n) is 15.4. The predicted molar refractivity (Wildman–Crippen MR) is 225 cm³/mol. The Bertz CT molecular complexity index is 2160. The van der Waals surface area contributed by atoms with E-state index in [-0.39, 0.29) is 25.2 Å². The molecule has 61 heavy (non-hydrogen) atoms. The normalized spacial score (nSPS) is 23.9. The Labute approximate surface area is 356 Å². The Morgan fingerprint density at radius 3 is 2.03 bits per heavy atom. The number of imide groups is 1. The van der Waals surface area contributed by atoms with Gasteiger partial charge in [0, 0.05) is 35.7 Å². The van der Waals surface area contributed by atoms with Gasteiger partial charge in [-0.05, 0) is 42.9 Å². The summed E-state index contributed by atoms with van der Waals surface area (Å²) in [5, 5.41) is 15.2. The Hall–Kier alpha value is -6.44. The van der Waals surface area contributed by atoms with Crippen LogP contribution >= 0.6 is 11.8 Å². The molecule has 1 aromatic heterocycles. The standard InChI is InChI=1S/C41H52N10O9S/c1-5-25-35(54)48-29(16-23-18-44-26-14-10-9-13-24(23)26)37(56)47-27(34(43)53)17-31(39(58)49-28(36(55)46-25)15-22-11-7-6-8-12-22)61-19-30(38(57)45-21(4)33(42)52)51-40(59)32(20(2)3)50-41(51)60/h6-14,18,20-21,25,27-32,44H,5,15-17,19H2,1-4H3,(H2,42,52)(H2,43,53)(H,45,57)(H,46,55)(H,47,56)(H,48,54)(H,49,58)(H,50,60)/t21-,25+,27+,28-,29+,30+,31?,32?/m1/s1. The second kappa shape index (κ2) is 20.2. The lowest BCUT2D eigenvalue weighted by atomic mass is 10.0. The highest BCUT2D eigenvalue weighted by molar-refractivity contribution is 8.00. The van der Waals surface area contributed by atoms with Gasteiger partial charge in [-0.3, -0.25) is 38.4 Å². The van der Waals surface area contributed by atoms with Crippen LogP contribution < -0.4 is 43.4 Å². The van der Waals surface area contributed by atoms with Gasteiger partial charge in [0.1, 0.15) is 42.3 Å².